The van der Waals surface area contributed by atoms with Crippen molar-refractivity contribution in [1.29, 1.82) is 10.5 Å². The maximum atomic E-state index is 9.13. The molecule has 0 aliphatic heterocycles. The third-order valence-corrected chi connectivity index (χ3v) is 7.18. The number of hydrogen-bond acceptors (Lipinski definition) is 3. The molecule has 3 heteroatoms. The van der Waals surface area contributed by atoms with E-state index in [2.05, 4.69) is 114 Å². The van der Waals surface area contributed by atoms with Crippen LogP contribution in [0, 0.1) is 22.7 Å². The summed E-state index contributed by atoms with van der Waals surface area (Å²) in [5.41, 5.74) is 11.1. The van der Waals surface area contributed by atoms with Crippen LogP contribution in [0.25, 0.3) is 33.4 Å². The lowest BCUT2D eigenvalue weighted by Gasteiger charge is -2.26. The monoisotopic (exact) mass is 523 g/mol. The minimum atomic E-state index is 0.653. The first-order chi connectivity index (χ1) is 20.2. The molecule has 6 aromatic carbocycles. The van der Waals surface area contributed by atoms with Crippen LogP contribution < -0.4 is 4.90 Å². The minimum Gasteiger partial charge on any atom is -0.311 e. The third-order valence-electron chi connectivity index (χ3n) is 7.18. The molecule has 6 rings (SSSR count). The third kappa shape index (κ3) is 5.48. The van der Waals surface area contributed by atoms with Crippen LogP contribution in [0.15, 0.2) is 152 Å². The van der Waals surface area contributed by atoms with Crippen LogP contribution in [0.2, 0.25) is 0 Å². The van der Waals surface area contributed by atoms with Gasteiger partial charge < -0.3 is 4.90 Å². The maximum absolute atomic E-state index is 9.13. The van der Waals surface area contributed by atoms with E-state index in [9.17, 15) is 0 Å². The summed E-state index contributed by atoms with van der Waals surface area (Å²) in [6, 6.07) is 55.7. The fourth-order valence-corrected chi connectivity index (χ4v) is 4.96. The summed E-state index contributed by atoms with van der Waals surface area (Å²) in [5, 5.41) is 18.3. The Bertz CT molecular complexity index is 1740. The van der Waals surface area contributed by atoms with Gasteiger partial charge in [0.05, 0.1) is 23.3 Å². The lowest BCUT2D eigenvalue weighted by molar-refractivity contribution is 1.28. The SMILES string of the molecule is N#Cc1ccc(-c2ccc(N(c3ccc(-c4ccccc4)cc3)c3ccc(-c4ccc(C#N)cc4)cc3)cc2)cc1. The first-order valence-electron chi connectivity index (χ1n) is 13.4. The summed E-state index contributed by atoms with van der Waals surface area (Å²) in [7, 11) is 0. The first kappa shape index (κ1) is 25.4. The van der Waals surface area contributed by atoms with Crippen molar-refractivity contribution < 1.29 is 0 Å². The number of anilines is 3. The van der Waals surface area contributed by atoms with Crippen LogP contribution >= 0.6 is 0 Å². The lowest BCUT2D eigenvalue weighted by Crippen LogP contribution is -2.09. The molecular formula is C38H25N3. The van der Waals surface area contributed by atoms with Crippen LogP contribution in [0.3, 0.4) is 0 Å². The molecule has 3 nitrogen and oxygen atoms in total. The van der Waals surface area contributed by atoms with Crippen molar-refractivity contribution in [3.63, 3.8) is 0 Å². The van der Waals surface area contributed by atoms with E-state index >= 15 is 0 Å². The molecular weight excluding hydrogens is 498 g/mol. The molecule has 0 bridgehead atoms. The van der Waals surface area contributed by atoms with Gasteiger partial charge in [0.15, 0.2) is 0 Å². The van der Waals surface area contributed by atoms with Gasteiger partial charge in [0.1, 0.15) is 0 Å². The fourth-order valence-electron chi connectivity index (χ4n) is 4.96. The van der Waals surface area contributed by atoms with E-state index < -0.39 is 0 Å². The van der Waals surface area contributed by atoms with Gasteiger partial charge in [-0.25, -0.2) is 0 Å². The van der Waals surface area contributed by atoms with Crippen molar-refractivity contribution in [2.75, 3.05) is 4.90 Å². The largest absolute Gasteiger partial charge is 0.311 e. The molecule has 0 N–H and O–H groups in total. The van der Waals surface area contributed by atoms with Gasteiger partial charge in [0, 0.05) is 17.1 Å². The highest BCUT2D eigenvalue weighted by Gasteiger charge is 2.14. The molecule has 0 saturated carbocycles. The molecule has 0 spiro atoms. The van der Waals surface area contributed by atoms with Crippen molar-refractivity contribution in [3.8, 4) is 45.5 Å². The summed E-state index contributed by atoms with van der Waals surface area (Å²) in [6.45, 7) is 0. The van der Waals surface area contributed by atoms with E-state index in [1.807, 2.05) is 54.6 Å². The Labute approximate surface area is 240 Å². The van der Waals surface area contributed by atoms with Crippen LogP contribution in [0.1, 0.15) is 11.1 Å². The average Bonchev–Trinajstić information content (AvgIpc) is 3.06. The topological polar surface area (TPSA) is 50.8 Å². The summed E-state index contributed by atoms with van der Waals surface area (Å²) in [4.78, 5) is 2.25. The van der Waals surface area contributed by atoms with Crippen molar-refractivity contribution in [1.82, 2.24) is 0 Å². The van der Waals surface area contributed by atoms with Gasteiger partial charge in [0.2, 0.25) is 0 Å². The van der Waals surface area contributed by atoms with Gasteiger partial charge in [-0.05, 0) is 94.0 Å². The zero-order valence-electron chi connectivity index (χ0n) is 22.3. The van der Waals surface area contributed by atoms with Gasteiger partial charge >= 0.3 is 0 Å². The molecule has 0 radical (unpaired) electrons. The Kier molecular flexibility index (Phi) is 7.09. The molecule has 0 amide bonds. The van der Waals surface area contributed by atoms with Crippen LogP contribution in [0.4, 0.5) is 17.1 Å². The van der Waals surface area contributed by atoms with Gasteiger partial charge in [-0.15, -0.1) is 0 Å². The molecule has 192 valence electrons. The maximum Gasteiger partial charge on any atom is 0.0991 e. The molecule has 6 aromatic rings. The van der Waals surface area contributed by atoms with E-state index in [0.717, 1.165) is 39.3 Å². The normalized spacial score (nSPS) is 10.4. The highest BCUT2D eigenvalue weighted by Crippen LogP contribution is 2.37. The summed E-state index contributed by atoms with van der Waals surface area (Å²) in [6.07, 6.45) is 0. The quantitative estimate of drug-likeness (QED) is 0.218. The number of rotatable bonds is 6. The number of benzene rings is 6. The van der Waals surface area contributed by atoms with E-state index in [1.54, 1.807) is 0 Å². The van der Waals surface area contributed by atoms with Gasteiger partial charge in [-0.2, -0.15) is 10.5 Å². The summed E-state index contributed by atoms with van der Waals surface area (Å²) in [5.74, 6) is 0. The second-order valence-corrected chi connectivity index (χ2v) is 9.72. The Balaban J connectivity index is 1.36. The summed E-state index contributed by atoms with van der Waals surface area (Å²) < 4.78 is 0. The number of nitrogens with zero attached hydrogens (tertiary/aromatic N) is 3. The van der Waals surface area contributed by atoms with Gasteiger partial charge in [-0.1, -0.05) is 91.0 Å². The van der Waals surface area contributed by atoms with Crippen molar-refractivity contribution >= 4 is 17.1 Å². The molecule has 0 aromatic heterocycles. The van der Waals surface area contributed by atoms with E-state index in [1.165, 1.54) is 11.1 Å². The highest BCUT2D eigenvalue weighted by atomic mass is 15.1. The second-order valence-electron chi connectivity index (χ2n) is 9.72. The highest BCUT2D eigenvalue weighted by molar-refractivity contribution is 5.81. The molecule has 0 heterocycles. The minimum absolute atomic E-state index is 0.653. The molecule has 0 saturated heterocycles. The number of hydrogen-bond donors (Lipinski definition) is 0. The van der Waals surface area contributed by atoms with Gasteiger partial charge in [-0.3, -0.25) is 0 Å². The molecule has 0 fully saturated rings. The molecule has 0 aliphatic carbocycles. The van der Waals surface area contributed by atoms with E-state index in [0.29, 0.717) is 11.1 Å². The van der Waals surface area contributed by atoms with Crippen molar-refractivity contribution in [2.45, 2.75) is 0 Å². The Hall–Kier alpha value is -5.90. The standard InChI is InChI=1S/C38H25N3/c39-26-28-6-10-31(11-7-28)34-16-22-37(23-17-34)41(36-20-14-33(15-21-36)30-4-2-1-3-5-30)38-24-18-35(19-25-38)32-12-8-29(27-40)9-13-32/h1-25H. The van der Waals surface area contributed by atoms with Crippen molar-refractivity contribution in [3.05, 3.63) is 163 Å². The van der Waals surface area contributed by atoms with Crippen LogP contribution in [-0.2, 0) is 0 Å². The average molecular weight is 524 g/mol. The zero-order chi connectivity index (χ0) is 28.0. The van der Waals surface area contributed by atoms with E-state index in [4.69, 9.17) is 10.5 Å². The fraction of sp³-hybridized carbons (Fsp3) is 0. The zero-order valence-corrected chi connectivity index (χ0v) is 22.3. The smallest absolute Gasteiger partial charge is 0.0991 e. The lowest BCUT2D eigenvalue weighted by atomic mass is 10.0. The predicted molar refractivity (Wildman–Crippen MR) is 167 cm³/mol. The molecule has 0 unspecified atom stereocenters. The Morgan fingerprint density at radius 2 is 0.585 bits per heavy atom. The van der Waals surface area contributed by atoms with Crippen LogP contribution in [0.5, 0.6) is 0 Å². The van der Waals surface area contributed by atoms with E-state index in [-0.39, 0.29) is 0 Å². The molecule has 0 aliphatic rings. The first-order valence-corrected chi connectivity index (χ1v) is 13.4. The Morgan fingerprint density at radius 3 is 0.878 bits per heavy atom. The van der Waals surface area contributed by atoms with Gasteiger partial charge in [0.25, 0.3) is 0 Å². The van der Waals surface area contributed by atoms with Crippen LogP contribution in [-0.4, -0.2) is 0 Å². The number of nitriles is 2. The molecule has 0 atom stereocenters. The Morgan fingerprint density at radius 1 is 0.317 bits per heavy atom. The molecule has 41 heavy (non-hydrogen) atoms. The predicted octanol–water partition coefficient (Wildman–Crippen LogP) is 9.90. The van der Waals surface area contributed by atoms with Crippen molar-refractivity contribution in [2.24, 2.45) is 0 Å². The summed E-state index contributed by atoms with van der Waals surface area (Å²) >= 11 is 0. The second kappa shape index (κ2) is 11.5.